The minimum Gasteiger partial charge on any atom is -0.355 e. The molecule has 2 amide bonds. The van der Waals surface area contributed by atoms with Crippen molar-refractivity contribution in [3.8, 4) is 0 Å². The zero-order chi connectivity index (χ0) is 13.3. The monoisotopic (exact) mass is 318 g/mol. The fraction of sp³-hybridized carbons (Fsp3) is 0.273. The number of hydrogen-bond acceptors (Lipinski definition) is 2. The summed E-state index contributed by atoms with van der Waals surface area (Å²) in [5, 5.41) is 4.85. The van der Waals surface area contributed by atoms with Gasteiger partial charge in [0.1, 0.15) is 11.6 Å². The van der Waals surface area contributed by atoms with Crippen molar-refractivity contribution in [3.05, 3.63) is 28.2 Å². The Bertz CT molecular complexity index is 522. The zero-order valence-corrected chi connectivity index (χ0v) is 10.7. The molecule has 1 aliphatic rings. The Morgan fingerprint density at radius 1 is 1.39 bits per heavy atom. The molecule has 1 aromatic carbocycles. The molecule has 1 aliphatic heterocycles. The van der Waals surface area contributed by atoms with Crippen LogP contribution < -0.4 is 10.6 Å². The van der Waals surface area contributed by atoms with E-state index in [1.165, 1.54) is 0 Å². The number of halogens is 3. The number of rotatable bonds is 2. The number of hydrogen-bond donors (Lipinski definition) is 2. The van der Waals surface area contributed by atoms with Crippen LogP contribution in [0, 0.1) is 17.6 Å². The van der Waals surface area contributed by atoms with Crippen molar-refractivity contribution in [1.82, 2.24) is 5.32 Å². The Labute approximate surface area is 110 Å². The summed E-state index contributed by atoms with van der Waals surface area (Å²) in [5.74, 6) is -2.81. The van der Waals surface area contributed by atoms with E-state index in [4.69, 9.17) is 0 Å². The first-order valence-electron chi connectivity index (χ1n) is 5.19. The standard InChI is InChI=1S/C11H9BrF2N2O2/c12-6-2-9(8(14)3-7(6)13)16-11(18)5-1-10(17)15-4-5/h2-3,5H,1,4H2,(H,15,17)(H,16,18). The van der Waals surface area contributed by atoms with E-state index in [1.54, 1.807) is 0 Å². The second-order valence-corrected chi connectivity index (χ2v) is 4.79. The van der Waals surface area contributed by atoms with Gasteiger partial charge in [0.25, 0.3) is 0 Å². The second-order valence-electron chi connectivity index (χ2n) is 3.94. The van der Waals surface area contributed by atoms with Gasteiger partial charge in [-0.05, 0) is 22.0 Å². The Morgan fingerprint density at radius 3 is 2.72 bits per heavy atom. The largest absolute Gasteiger partial charge is 0.355 e. The summed E-state index contributed by atoms with van der Waals surface area (Å²) in [6.07, 6.45) is 0.0792. The molecule has 0 aromatic heterocycles. The topological polar surface area (TPSA) is 58.2 Å². The van der Waals surface area contributed by atoms with Gasteiger partial charge in [-0.25, -0.2) is 8.78 Å². The zero-order valence-electron chi connectivity index (χ0n) is 9.10. The fourth-order valence-corrected chi connectivity index (χ4v) is 1.99. The van der Waals surface area contributed by atoms with E-state index in [-0.39, 0.29) is 29.0 Å². The molecule has 1 aromatic rings. The van der Waals surface area contributed by atoms with Gasteiger partial charge in [-0.2, -0.15) is 0 Å². The molecule has 1 saturated heterocycles. The van der Waals surface area contributed by atoms with Crippen LogP contribution in [-0.4, -0.2) is 18.4 Å². The molecule has 0 aliphatic carbocycles. The van der Waals surface area contributed by atoms with E-state index in [0.29, 0.717) is 6.07 Å². The van der Waals surface area contributed by atoms with Gasteiger partial charge < -0.3 is 10.6 Å². The predicted molar refractivity (Wildman–Crippen MR) is 63.8 cm³/mol. The number of amides is 2. The Morgan fingerprint density at radius 2 is 2.11 bits per heavy atom. The van der Waals surface area contributed by atoms with Crippen LogP contribution in [0.1, 0.15) is 6.42 Å². The summed E-state index contributed by atoms with van der Waals surface area (Å²) < 4.78 is 26.4. The summed E-state index contributed by atoms with van der Waals surface area (Å²) in [6.45, 7) is 0.231. The van der Waals surface area contributed by atoms with Gasteiger partial charge in [0.15, 0.2) is 0 Å². The molecule has 4 nitrogen and oxygen atoms in total. The predicted octanol–water partition coefficient (Wildman–Crippen LogP) is 1.80. The SMILES string of the molecule is O=C1CC(C(=O)Nc2cc(Br)c(F)cc2F)CN1. The van der Waals surface area contributed by atoms with Gasteiger partial charge in [-0.1, -0.05) is 0 Å². The maximum absolute atomic E-state index is 13.4. The molecule has 0 radical (unpaired) electrons. The van der Waals surface area contributed by atoms with Crippen LogP contribution in [0.3, 0.4) is 0 Å². The van der Waals surface area contributed by atoms with Crippen LogP contribution in [0.25, 0.3) is 0 Å². The van der Waals surface area contributed by atoms with Crippen LogP contribution in [0.2, 0.25) is 0 Å². The highest BCUT2D eigenvalue weighted by Gasteiger charge is 2.28. The third-order valence-electron chi connectivity index (χ3n) is 2.62. The maximum Gasteiger partial charge on any atom is 0.229 e. The molecule has 0 bridgehead atoms. The number of anilines is 1. The van der Waals surface area contributed by atoms with Crippen molar-refractivity contribution in [1.29, 1.82) is 0 Å². The van der Waals surface area contributed by atoms with Crippen molar-refractivity contribution in [2.75, 3.05) is 11.9 Å². The van der Waals surface area contributed by atoms with Crippen molar-refractivity contribution in [2.45, 2.75) is 6.42 Å². The minimum absolute atomic E-state index is 0.0554. The van der Waals surface area contributed by atoms with Gasteiger partial charge in [0.2, 0.25) is 11.8 Å². The lowest BCUT2D eigenvalue weighted by Crippen LogP contribution is -2.25. The van der Waals surface area contributed by atoms with E-state index in [9.17, 15) is 18.4 Å². The lowest BCUT2D eigenvalue weighted by Gasteiger charge is -2.10. The van der Waals surface area contributed by atoms with Gasteiger partial charge in [-0.3, -0.25) is 9.59 Å². The molecule has 18 heavy (non-hydrogen) atoms. The number of nitrogens with one attached hydrogen (secondary N) is 2. The van der Waals surface area contributed by atoms with E-state index >= 15 is 0 Å². The number of carbonyl (C=O) groups is 2. The first kappa shape index (κ1) is 12.9. The Kier molecular flexibility index (Phi) is 3.60. The van der Waals surface area contributed by atoms with Crippen LogP contribution in [0.15, 0.2) is 16.6 Å². The average molecular weight is 319 g/mol. The lowest BCUT2D eigenvalue weighted by atomic mass is 10.1. The van der Waals surface area contributed by atoms with Crippen molar-refractivity contribution < 1.29 is 18.4 Å². The second kappa shape index (κ2) is 5.01. The molecule has 1 unspecified atom stereocenters. The molecule has 96 valence electrons. The van der Waals surface area contributed by atoms with E-state index in [0.717, 1.165) is 6.07 Å². The van der Waals surface area contributed by atoms with E-state index < -0.39 is 23.5 Å². The first-order valence-corrected chi connectivity index (χ1v) is 5.99. The van der Waals surface area contributed by atoms with Crippen LogP contribution in [0.4, 0.5) is 14.5 Å². The maximum atomic E-state index is 13.4. The molecular weight excluding hydrogens is 310 g/mol. The van der Waals surface area contributed by atoms with E-state index in [2.05, 4.69) is 26.6 Å². The molecule has 0 spiro atoms. The highest BCUT2D eigenvalue weighted by molar-refractivity contribution is 9.10. The van der Waals surface area contributed by atoms with Gasteiger partial charge >= 0.3 is 0 Å². The highest BCUT2D eigenvalue weighted by Crippen LogP contribution is 2.24. The van der Waals surface area contributed by atoms with Crippen LogP contribution >= 0.6 is 15.9 Å². The van der Waals surface area contributed by atoms with Crippen LogP contribution in [-0.2, 0) is 9.59 Å². The first-order chi connectivity index (χ1) is 8.47. The molecule has 1 heterocycles. The lowest BCUT2D eigenvalue weighted by molar-refractivity contribution is -0.123. The summed E-state index contributed by atoms with van der Waals surface area (Å²) in [7, 11) is 0. The quantitative estimate of drug-likeness (QED) is 0.817. The average Bonchev–Trinajstić information content (AvgIpc) is 2.73. The summed E-state index contributed by atoms with van der Waals surface area (Å²) in [6, 6.07) is 1.82. The summed E-state index contributed by atoms with van der Waals surface area (Å²) in [5.41, 5.74) is -0.118. The van der Waals surface area contributed by atoms with Gasteiger partial charge in [0.05, 0.1) is 16.1 Å². The molecule has 0 saturated carbocycles. The van der Waals surface area contributed by atoms with Gasteiger partial charge in [-0.15, -0.1) is 0 Å². The van der Waals surface area contributed by atoms with E-state index in [1.807, 2.05) is 0 Å². The molecular formula is C11H9BrF2N2O2. The highest BCUT2D eigenvalue weighted by atomic mass is 79.9. The third-order valence-corrected chi connectivity index (χ3v) is 3.22. The molecule has 2 rings (SSSR count). The smallest absolute Gasteiger partial charge is 0.229 e. The van der Waals surface area contributed by atoms with Crippen molar-refractivity contribution >= 4 is 33.4 Å². The Hall–Kier alpha value is -1.50. The van der Waals surface area contributed by atoms with Crippen molar-refractivity contribution in [3.63, 3.8) is 0 Å². The molecule has 1 fully saturated rings. The normalized spacial score (nSPS) is 18.6. The minimum atomic E-state index is -0.860. The Balaban J connectivity index is 2.12. The number of benzene rings is 1. The fourth-order valence-electron chi connectivity index (χ4n) is 1.64. The van der Waals surface area contributed by atoms with Gasteiger partial charge in [0, 0.05) is 19.0 Å². The summed E-state index contributed by atoms with van der Waals surface area (Å²) >= 11 is 2.90. The molecule has 1 atom stereocenters. The van der Waals surface area contributed by atoms with Crippen LogP contribution in [0.5, 0.6) is 0 Å². The molecule has 7 heteroatoms. The summed E-state index contributed by atoms with van der Waals surface area (Å²) in [4.78, 5) is 22.7. The third kappa shape index (κ3) is 2.66. The number of carbonyl (C=O) groups excluding carboxylic acids is 2. The van der Waals surface area contributed by atoms with Crippen molar-refractivity contribution in [2.24, 2.45) is 5.92 Å². The molecule has 2 N–H and O–H groups in total.